The van der Waals surface area contributed by atoms with Gasteiger partial charge in [-0.25, -0.2) is 16.8 Å². The summed E-state index contributed by atoms with van der Waals surface area (Å²) in [6.45, 7) is 5.93. The number of anilines is 1. The number of benzene rings is 2. The Labute approximate surface area is 274 Å². The predicted octanol–water partition coefficient (Wildman–Crippen LogP) is 3.92. The first-order valence-electron chi connectivity index (χ1n) is 15.3. The van der Waals surface area contributed by atoms with Crippen LogP contribution < -0.4 is 10.0 Å². The Morgan fingerprint density at radius 2 is 1.76 bits per heavy atom. The van der Waals surface area contributed by atoms with Crippen molar-refractivity contribution in [2.75, 3.05) is 43.9 Å². The number of hydrogen-bond donors (Lipinski definition) is 2. The monoisotopic (exact) mass is 689 g/mol. The minimum atomic E-state index is -3.86. The molecule has 1 saturated heterocycles. The molecule has 5 rings (SSSR count). The van der Waals surface area contributed by atoms with Gasteiger partial charge in [0.05, 0.1) is 28.8 Å². The number of carbonyl (C=O) groups is 1. The maximum absolute atomic E-state index is 13.3. The van der Waals surface area contributed by atoms with Crippen LogP contribution in [0, 0.1) is 0 Å². The molecule has 3 aromatic rings. The summed E-state index contributed by atoms with van der Waals surface area (Å²) in [5.41, 5.74) is 0.943. The van der Waals surface area contributed by atoms with E-state index in [4.69, 9.17) is 4.74 Å². The average Bonchev–Trinajstić information content (AvgIpc) is 3.33. The lowest BCUT2D eigenvalue weighted by atomic mass is 10.2. The minimum Gasteiger partial charge on any atom is -0.379 e. The van der Waals surface area contributed by atoms with E-state index in [1.54, 1.807) is 36.4 Å². The number of sulfonamides is 2. The SMILES string of the molecule is CC[C@@H](C)n1c(SCC(=O)Nc2cccc(S(=O)(=O)NC3=NCCCCC3)c2)nnc1-c1cccc(S(=O)(=O)N2CCOCC2)c1. The molecular formula is C30H39N7O6S3. The smallest absolute Gasteiger partial charge is 0.262 e. The van der Waals surface area contributed by atoms with Crippen LogP contribution in [0.5, 0.6) is 0 Å². The fourth-order valence-corrected chi connectivity index (χ4v) is 8.55. The molecule has 0 saturated carbocycles. The van der Waals surface area contributed by atoms with Gasteiger partial charge in [0.1, 0.15) is 5.84 Å². The van der Waals surface area contributed by atoms with Crippen LogP contribution in [0.25, 0.3) is 11.4 Å². The number of nitrogens with zero attached hydrogens (tertiary/aromatic N) is 5. The first-order valence-corrected chi connectivity index (χ1v) is 19.2. The number of ether oxygens (including phenoxy) is 1. The lowest BCUT2D eigenvalue weighted by molar-refractivity contribution is -0.113. The zero-order valence-electron chi connectivity index (χ0n) is 25.9. The van der Waals surface area contributed by atoms with Crippen molar-refractivity contribution in [1.29, 1.82) is 0 Å². The second kappa shape index (κ2) is 15.1. The Bertz CT molecular complexity index is 1790. The predicted molar refractivity (Wildman–Crippen MR) is 177 cm³/mol. The summed E-state index contributed by atoms with van der Waals surface area (Å²) in [4.78, 5) is 17.5. The number of rotatable bonds is 11. The molecular weight excluding hydrogens is 651 g/mol. The second-order valence-corrected chi connectivity index (χ2v) is 15.6. The van der Waals surface area contributed by atoms with Gasteiger partial charge in [0.2, 0.25) is 15.9 Å². The molecule has 0 radical (unpaired) electrons. The molecule has 2 aromatic carbocycles. The fraction of sp³-hybridized carbons (Fsp3) is 0.467. The third kappa shape index (κ3) is 8.15. The lowest BCUT2D eigenvalue weighted by Gasteiger charge is -2.26. The van der Waals surface area contributed by atoms with E-state index >= 15 is 0 Å². The van der Waals surface area contributed by atoms with Gasteiger partial charge in [0.15, 0.2) is 11.0 Å². The van der Waals surface area contributed by atoms with Crippen LogP contribution in [0.1, 0.15) is 52.0 Å². The van der Waals surface area contributed by atoms with Gasteiger partial charge < -0.3 is 10.1 Å². The van der Waals surface area contributed by atoms with Crippen LogP contribution in [0.4, 0.5) is 5.69 Å². The Morgan fingerprint density at radius 1 is 1.00 bits per heavy atom. The first kappa shape index (κ1) is 34.0. The van der Waals surface area contributed by atoms with E-state index in [0.717, 1.165) is 25.7 Å². The fourth-order valence-electron chi connectivity index (χ4n) is 5.12. The van der Waals surface area contributed by atoms with Crippen LogP contribution in [0.2, 0.25) is 0 Å². The van der Waals surface area contributed by atoms with Gasteiger partial charge in [-0.15, -0.1) is 10.2 Å². The molecule has 2 N–H and O–H groups in total. The lowest BCUT2D eigenvalue weighted by Crippen LogP contribution is -2.40. The number of aliphatic imine (C=N–C) groups is 1. The van der Waals surface area contributed by atoms with Gasteiger partial charge in [-0.05, 0) is 56.5 Å². The molecule has 0 aliphatic carbocycles. The molecule has 2 aliphatic rings. The first-order chi connectivity index (χ1) is 22.1. The molecule has 0 unspecified atom stereocenters. The summed E-state index contributed by atoms with van der Waals surface area (Å²) in [6.07, 6.45) is 4.15. The van der Waals surface area contributed by atoms with Crippen LogP contribution in [0.15, 0.2) is 68.5 Å². The normalized spacial score (nSPS) is 17.1. The highest BCUT2D eigenvalue weighted by Gasteiger charge is 2.28. The number of thioether (sulfide) groups is 1. The van der Waals surface area contributed by atoms with E-state index in [-0.39, 0.29) is 27.5 Å². The maximum Gasteiger partial charge on any atom is 0.262 e. The van der Waals surface area contributed by atoms with Crippen molar-refractivity contribution in [2.45, 2.75) is 66.9 Å². The molecule has 248 valence electrons. The van der Waals surface area contributed by atoms with E-state index in [1.165, 1.54) is 28.2 Å². The number of aromatic nitrogens is 3. The van der Waals surface area contributed by atoms with Crippen molar-refractivity contribution in [1.82, 2.24) is 23.8 Å². The van der Waals surface area contributed by atoms with Gasteiger partial charge in [-0.2, -0.15) is 4.31 Å². The summed E-state index contributed by atoms with van der Waals surface area (Å²) < 4.78 is 63.8. The van der Waals surface area contributed by atoms with E-state index < -0.39 is 20.0 Å². The van der Waals surface area contributed by atoms with E-state index in [9.17, 15) is 21.6 Å². The third-order valence-corrected chi connectivity index (χ3v) is 12.0. The number of hydrogen-bond acceptors (Lipinski definition) is 10. The van der Waals surface area contributed by atoms with Gasteiger partial charge in [0.25, 0.3) is 10.0 Å². The van der Waals surface area contributed by atoms with Crippen LogP contribution >= 0.6 is 11.8 Å². The molecule has 1 aromatic heterocycles. The molecule has 0 spiro atoms. The minimum absolute atomic E-state index is 0.00789. The Morgan fingerprint density at radius 3 is 2.54 bits per heavy atom. The maximum atomic E-state index is 13.3. The van der Waals surface area contributed by atoms with Gasteiger partial charge in [-0.3, -0.25) is 19.1 Å². The molecule has 2 aliphatic heterocycles. The highest BCUT2D eigenvalue weighted by Crippen LogP contribution is 2.31. The highest BCUT2D eigenvalue weighted by atomic mass is 32.2. The zero-order chi connectivity index (χ0) is 32.7. The van der Waals surface area contributed by atoms with E-state index in [1.807, 2.05) is 18.4 Å². The van der Waals surface area contributed by atoms with Crippen molar-refractivity contribution < 1.29 is 26.4 Å². The summed E-state index contributed by atoms with van der Waals surface area (Å²) in [5, 5.41) is 12.0. The van der Waals surface area contributed by atoms with Crippen molar-refractivity contribution in [3.05, 3.63) is 48.5 Å². The summed E-state index contributed by atoms with van der Waals surface area (Å²) >= 11 is 1.19. The third-order valence-electron chi connectivity index (χ3n) is 7.78. The number of nitrogens with one attached hydrogen (secondary N) is 2. The molecule has 3 heterocycles. The van der Waals surface area contributed by atoms with Crippen molar-refractivity contribution in [3.63, 3.8) is 0 Å². The topological polar surface area (TPSA) is 165 Å². The standard InChI is InChI=1S/C30H39N7O6S3/c1-3-22(2)37-29(23-9-7-12-26(19-23)46(41,42)36-15-17-43-18-16-36)33-34-30(37)44-21-28(38)32-24-10-8-11-25(20-24)45(39,40)35-27-13-5-4-6-14-31-27/h7-12,19-20,22H,3-6,13-18,21H2,1-2H3,(H,31,35)(H,32,38)/t22-/m1/s1. The van der Waals surface area contributed by atoms with Crippen LogP contribution in [-0.4, -0.2) is 86.2 Å². The quantitative estimate of drug-likeness (QED) is 0.284. The van der Waals surface area contributed by atoms with Crippen molar-refractivity contribution >= 4 is 49.2 Å². The number of amides is 1. The number of carbonyl (C=O) groups excluding carboxylic acids is 1. The van der Waals surface area contributed by atoms with Crippen LogP contribution in [-0.2, 0) is 29.6 Å². The summed E-state index contributed by atoms with van der Waals surface area (Å²) in [6, 6.07) is 12.7. The van der Waals surface area contributed by atoms with Gasteiger partial charge >= 0.3 is 0 Å². The Kier molecular flexibility index (Phi) is 11.1. The van der Waals surface area contributed by atoms with Gasteiger partial charge in [0, 0.05) is 43.3 Å². The van der Waals surface area contributed by atoms with Crippen molar-refractivity contribution in [2.24, 2.45) is 4.99 Å². The van der Waals surface area contributed by atoms with E-state index in [0.29, 0.717) is 67.3 Å². The Balaban J connectivity index is 1.29. The average molecular weight is 690 g/mol. The molecule has 16 heteroatoms. The Hall–Kier alpha value is -3.31. The zero-order valence-corrected chi connectivity index (χ0v) is 28.3. The molecule has 46 heavy (non-hydrogen) atoms. The number of amidine groups is 1. The summed E-state index contributed by atoms with van der Waals surface area (Å²) in [5.74, 6) is 0.601. The largest absolute Gasteiger partial charge is 0.379 e. The second-order valence-electron chi connectivity index (χ2n) is 11.1. The molecule has 0 bridgehead atoms. The highest BCUT2D eigenvalue weighted by molar-refractivity contribution is 7.99. The molecule has 1 atom stereocenters. The molecule has 1 fully saturated rings. The van der Waals surface area contributed by atoms with E-state index in [2.05, 4.69) is 25.2 Å². The number of morpholine rings is 1. The molecule has 13 nitrogen and oxygen atoms in total. The summed E-state index contributed by atoms with van der Waals surface area (Å²) in [7, 11) is -7.56. The molecule has 1 amide bonds. The van der Waals surface area contributed by atoms with Crippen LogP contribution in [0.3, 0.4) is 0 Å². The van der Waals surface area contributed by atoms with Crippen molar-refractivity contribution in [3.8, 4) is 11.4 Å². The van der Waals surface area contributed by atoms with Gasteiger partial charge in [-0.1, -0.05) is 43.3 Å².